The SMILES string of the molecule is COCCNCCCN1C(C)CCCC1C. The van der Waals surface area contributed by atoms with E-state index in [1.54, 1.807) is 7.11 Å². The van der Waals surface area contributed by atoms with Crippen molar-refractivity contribution in [2.45, 2.75) is 51.6 Å². The van der Waals surface area contributed by atoms with Gasteiger partial charge in [0.25, 0.3) is 0 Å². The van der Waals surface area contributed by atoms with Crippen molar-refractivity contribution in [3.05, 3.63) is 0 Å². The molecule has 0 radical (unpaired) electrons. The van der Waals surface area contributed by atoms with Gasteiger partial charge in [0, 0.05) is 25.7 Å². The lowest BCUT2D eigenvalue weighted by Crippen LogP contribution is -2.44. The Labute approximate surface area is 101 Å². The minimum absolute atomic E-state index is 0.780. The fourth-order valence-electron chi connectivity index (χ4n) is 2.60. The van der Waals surface area contributed by atoms with Crippen LogP contribution in [-0.2, 0) is 4.74 Å². The summed E-state index contributed by atoms with van der Waals surface area (Å²) in [5.41, 5.74) is 0. The first kappa shape index (κ1) is 13.9. The van der Waals surface area contributed by atoms with E-state index in [1.165, 1.54) is 32.2 Å². The van der Waals surface area contributed by atoms with Gasteiger partial charge in [-0.15, -0.1) is 0 Å². The first-order valence-corrected chi connectivity index (χ1v) is 6.71. The molecule has 0 spiro atoms. The number of piperidine rings is 1. The normalized spacial score (nSPS) is 27.2. The standard InChI is InChI=1S/C13H28N2O/c1-12-6-4-7-13(2)15(12)10-5-8-14-9-11-16-3/h12-14H,4-11H2,1-3H3. The zero-order chi connectivity index (χ0) is 11.8. The van der Waals surface area contributed by atoms with Gasteiger partial charge in [-0.1, -0.05) is 6.42 Å². The Morgan fingerprint density at radius 2 is 1.88 bits per heavy atom. The summed E-state index contributed by atoms with van der Waals surface area (Å²) >= 11 is 0. The van der Waals surface area contributed by atoms with E-state index >= 15 is 0 Å². The summed E-state index contributed by atoms with van der Waals surface area (Å²) in [6.07, 6.45) is 5.41. The quantitative estimate of drug-likeness (QED) is 0.673. The highest BCUT2D eigenvalue weighted by atomic mass is 16.5. The molecule has 1 rings (SSSR count). The van der Waals surface area contributed by atoms with Gasteiger partial charge in [0.15, 0.2) is 0 Å². The van der Waals surface area contributed by atoms with E-state index in [0.717, 1.165) is 31.8 Å². The third-order valence-electron chi connectivity index (χ3n) is 3.63. The van der Waals surface area contributed by atoms with E-state index in [1.807, 2.05) is 0 Å². The van der Waals surface area contributed by atoms with Crippen molar-refractivity contribution in [1.29, 1.82) is 0 Å². The number of methoxy groups -OCH3 is 1. The summed E-state index contributed by atoms with van der Waals surface area (Å²) in [7, 11) is 1.75. The minimum atomic E-state index is 0.780. The van der Waals surface area contributed by atoms with E-state index < -0.39 is 0 Å². The van der Waals surface area contributed by atoms with Crippen molar-refractivity contribution in [1.82, 2.24) is 10.2 Å². The monoisotopic (exact) mass is 228 g/mol. The highest BCUT2D eigenvalue weighted by Crippen LogP contribution is 2.22. The number of ether oxygens (including phenoxy) is 1. The van der Waals surface area contributed by atoms with Crippen molar-refractivity contribution >= 4 is 0 Å². The summed E-state index contributed by atoms with van der Waals surface area (Å²) in [6.45, 7) is 8.88. The molecule has 1 fully saturated rings. The van der Waals surface area contributed by atoms with Gasteiger partial charge in [-0.3, -0.25) is 4.90 Å². The Kier molecular flexibility index (Phi) is 7.01. The highest BCUT2D eigenvalue weighted by molar-refractivity contribution is 4.79. The van der Waals surface area contributed by atoms with E-state index in [-0.39, 0.29) is 0 Å². The molecule has 0 amide bonds. The summed E-state index contributed by atoms with van der Waals surface area (Å²) in [5.74, 6) is 0. The van der Waals surface area contributed by atoms with E-state index in [9.17, 15) is 0 Å². The van der Waals surface area contributed by atoms with E-state index in [0.29, 0.717) is 0 Å². The molecule has 0 bridgehead atoms. The number of rotatable bonds is 7. The average molecular weight is 228 g/mol. The predicted octanol–water partition coefficient (Wildman–Crippen LogP) is 1.88. The van der Waals surface area contributed by atoms with Gasteiger partial charge < -0.3 is 10.1 Å². The average Bonchev–Trinajstić information content (AvgIpc) is 2.26. The minimum Gasteiger partial charge on any atom is -0.383 e. The van der Waals surface area contributed by atoms with Crippen LogP contribution >= 0.6 is 0 Å². The largest absolute Gasteiger partial charge is 0.383 e. The lowest BCUT2D eigenvalue weighted by atomic mass is 9.97. The first-order valence-electron chi connectivity index (χ1n) is 6.71. The lowest BCUT2D eigenvalue weighted by Gasteiger charge is -2.39. The van der Waals surface area contributed by atoms with Crippen molar-refractivity contribution in [3.8, 4) is 0 Å². The van der Waals surface area contributed by atoms with Gasteiger partial charge in [0.2, 0.25) is 0 Å². The molecule has 16 heavy (non-hydrogen) atoms. The Hall–Kier alpha value is -0.120. The van der Waals surface area contributed by atoms with Crippen LogP contribution in [0.25, 0.3) is 0 Å². The maximum atomic E-state index is 5.00. The molecule has 1 heterocycles. The molecule has 3 nitrogen and oxygen atoms in total. The molecule has 1 aliphatic rings. The van der Waals surface area contributed by atoms with E-state index in [4.69, 9.17) is 4.74 Å². The smallest absolute Gasteiger partial charge is 0.0587 e. The highest BCUT2D eigenvalue weighted by Gasteiger charge is 2.23. The second-order valence-corrected chi connectivity index (χ2v) is 4.96. The van der Waals surface area contributed by atoms with E-state index in [2.05, 4.69) is 24.1 Å². The first-order chi connectivity index (χ1) is 7.75. The zero-order valence-corrected chi connectivity index (χ0v) is 11.2. The maximum absolute atomic E-state index is 5.00. The van der Waals surface area contributed by atoms with Crippen molar-refractivity contribution < 1.29 is 4.74 Å². The second kappa shape index (κ2) is 8.04. The van der Waals surface area contributed by atoms with Gasteiger partial charge in [-0.05, 0) is 46.2 Å². The Morgan fingerprint density at radius 1 is 1.19 bits per heavy atom. The fraction of sp³-hybridized carbons (Fsp3) is 1.00. The second-order valence-electron chi connectivity index (χ2n) is 4.96. The molecule has 0 saturated carbocycles. The van der Waals surface area contributed by atoms with Gasteiger partial charge in [-0.2, -0.15) is 0 Å². The van der Waals surface area contributed by atoms with Crippen LogP contribution in [0.15, 0.2) is 0 Å². The Bertz CT molecular complexity index is 165. The molecule has 0 aliphatic carbocycles. The van der Waals surface area contributed by atoms with Crippen molar-refractivity contribution in [3.63, 3.8) is 0 Å². The van der Waals surface area contributed by atoms with Crippen LogP contribution in [0.5, 0.6) is 0 Å². The molecular weight excluding hydrogens is 200 g/mol. The van der Waals surface area contributed by atoms with Gasteiger partial charge >= 0.3 is 0 Å². The van der Waals surface area contributed by atoms with Crippen molar-refractivity contribution in [2.75, 3.05) is 33.4 Å². The third-order valence-corrected chi connectivity index (χ3v) is 3.63. The topological polar surface area (TPSA) is 24.5 Å². The summed E-state index contributed by atoms with van der Waals surface area (Å²) < 4.78 is 5.00. The van der Waals surface area contributed by atoms with Crippen LogP contribution in [0.4, 0.5) is 0 Å². The Balaban J connectivity index is 2.06. The number of nitrogens with one attached hydrogen (secondary N) is 1. The predicted molar refractivity (Wildman–Crippen MR) is 68.8 cm³/mol. The van der Waals surface area contributed by atoms with Crippen LogP contribution in [0, 0.1) is 0 Å². The van der Waals surface area contributed by atoms with Crippen LogP contribution in [-0.4, -0.2) is 50.3 Å². The Morgan fingerprint density at radius 3 is 2.50 bits per heavy atom. The summed E-state index contributed by atoms with van der Waals surface area (Å²) in [4.78, 5) is 2.67. The molecule has 0 aromatic carbocycles. The maximum Gasteiger partial charge on any atom is 0.0587 e. The molecule has 0 aromatic heterocycles. The molecular formula is C13H28N2O. The molecule has 3 heteroatoms. The van der Waals surface area contributed by atoms with Gasteiger partial charge in [-0.25, -0.2) is 0 Å². The number of likely N-dealkylation sites (tertiary alicyclic amines) is 1. The summed E-state index contributed by atoms with van der Waals surface area (Å²) in [5, 5.41) is 3.40. The van der Waals surface area contributed by atoms with Gasteiger partial charge in [0.1, 0.15) is 0 Å². The molecule has 2 atom stereocenters. The van der Waals surface area contributed by atoms with Crippen LogP contribution in [0.1, 0.15) is 39.5 Å². The fourth-order valence-corrected chi connectivity index (χ4v) is 2.60. The molecule has 1 aliphatic heterocycles. The zero-order valence-electron chi connectivity index (χ0n) is 11.2. The molecule has 1 N–H and O–H groups in total. The number of nitrogens with zero attached hydrogens (tertiary/aromatic N) is 1. The van der Waals surface area contributed by atoms with Crippen molar-refractivity contribution in [2.24, 2.45) is 0 Å². The van der Waals surface area contributed by atoms with Crippen LogP contribution in [0.3, 0.4) is 0 Å². The molecule has 2 unspecified atom stereocenters. The lowest BCUT2D eigenvalue weighted by molar-refractivity contribution is 0.102. The molecule has 0 aromatic rings. The number of hydrogen-bond donors (Lipinski definition) is 1. The number of hydrogen-bond acceptors (Lipinski definition) is 3. The molecule has 1 saturated heterocycles. The van der Waals surface area contributed by atoms with Crippen LogP contribution < -0.4 is 5.32 Å². The third kappa shape index (κ3) is 4.81. The summed E-state index contributed by atoms with van der Waals surface area (Å²) in [6, 6.07) is 1.56. The molecule has 96 valence electrons. The van der Waals surface area contributed by atoms with Gasteiger partial charge in [0.05, 0.1) is 6.61 Å². The van der Waals surface area contributed by atoms with Crippen LogP contribution in [0.2, 0.25) is 0 Å².